The third-order valence-corrected chi connectivity index (χ3v) is 3.66. The molecule has 1 heterocycles. The van der Waals surface area contributed by atoms with Gasteiger partial charge in [-0.3, -0.25) is 0 Å². The number of aromatic amines is 1. The summed E-state index contributed by atoms with van der Waals surface area (Å²) in [5.74, 6) is -1.46. The van der Waals surface area contributed by atoms with Crippen LogP contribution in [0.5, 0.6) is 5.75 Å². The van der Waals surface area contributed by atoms with Crippen LogP contribution in [0.1, 0.15) is 16.2 Å². The number of hydrogen-bond acceptors (Lipinski definition) is 6. The standard InChI is InChI=1S/C19H13F2N3O4/c20-19(21)28-12-5-3-4-11(8-12)18(26)27-10-16(25)13(9-22)17-23-14-6-1-2-7-15(14)24-17/h1-8,19,25H,10H2,(H,23,24). The Morgan fingerprint density at radius 3 is 2.75 bits per heavy atom. The lowest BCUT2D eigenvalue weighted by molar-refractivity contribution is -0.0499. The van der Waals surface area contributed by atoms with Gasteiger partial charge < -0.3 is 19.6 Å². The maximum absolute atomic E-state index is 12.3. The van der Waals surface area contributed by atoms with Gasteiger partial charge in [-0.2, -0.15) is 14.0 Å². The molecule has 1 aromatic heterocycles. The van der Waals surface area contributed by atoms with Crippen molar-refractivity contribution in [2.45, 2.75) is 6.61 Å². The number of aliphatic hydroxyl groups is 1. The molecule has 0 saturated heterocycles. The van der Waals surface area contributed by atoms with E-state index in [0.717, 1.165) is 6.07 Å². The van der Waals surface area contributed by atoms with E-state index in [2.05, 4.69) is 14.7 Å². The number of benzene rings is 2. The Bertz CT molecular complexity index is 1050. The van der Waals surface area contributed by atoms with Gasteiger partial charge in [0.25, 0.3) is 0 Å². The molecule has 0 saturated carbocycles. The Labute approximate surface area is 157 Å². The number of aromatic nitrogens is 2. The molecular weight excluding hydrogens is 372 g/mol. The molecule has 0 fully saturated rings. The summed E-state index contributed by atoms with van der Waals surface area (Å²) < 4.78 is 33.7. The predicted molar refractivity (Wildman–Crippen MR) is 94.6 cm³/mol. The number of alkyl halides is 2. The Balaban J connectivity index is 1.75. The molecule has 3 rings (SSSR count). The van der Waals surface area contributed by atoms with Gasteiger partial charge in [0.2, 0.25) is 0 Å². The smallest absolute Gasteiger partial charge is 0.387 e. The number of nitriles is 1. The fraction of sp³-hybridized carbons (Fsp3) is 0.105. The van der Waals surface area contributed by atoms with E-state index in [-0.39, 0.29) is 22.7 Å². The van der Waals surface area contributed by atoms with Crippen molar-refractivity contribution in [1.82, 2.24) is 9.97 Å². The van der Waals surface area contributed by atoms with Gasteiger partial charge in [-0.25, -0.2) is 9.78 Å². The third-order valence-electron chi connectivity index (χ3n) is 3.66. The van der Waals surface area contributed by atoms with Gasteiger partial charge in [0.15, 0.2) is 11.6 Å². The zero-order chi connectivity index (χ0) is 20.1. The van der Waals surface area contributed by atoms with Crippen LogP contribution in [0, 0.1) is 11.3 Å². The van der Waals surface area contributed by atoms with Crippen molar-refractivity contribution in [1.29, 1.82) is 5.26 Å². The SMILES string of the molecule is N#CC(=C(O)COC(=O)c1cccc(OC(F)F)c1)c1nc2ccccc2[nH]1. The number of nitrogens with zero attached hydrogens (tertiary/aromatic N) is 2. The van der Waals surface area contributed by atoms with Crippen molar-refractivity contribution in [3.63, 3.8) is 0 Å². The molecule has 0 aliphatic carbocycles. The topological polar surface area (TPSA) is 108 Å². The van der Waals surface area contributed by atoms with E-state index >= 15 is 0 Å². The summed E-state index contributed by atoms with van der Waals surface area (Å²) in [6, 6.07) is 13.9. The Hall–Kier alpha value is -3.93. The summed E-state index contributed by atoms with van der Waals surface area (Å²) in [6.45, 7) is -3.63. The minimum Gasteiger partial charge on any atom is -0.507 e. The summed E-state index contributed by atoms with van der Waals surface area (Å²) in [5, 5.41) is 19.5. The zero-order valence-corrected chi connectivity index (χ0v) is 14.2. The van der Waals surface area contributed by atoms with Gasteiger partial charge in [0, 0.05) is 0 Å². The van der Waals surface area contributed by atoms with Crippen molar-refractivity contribution in [2.24, 2.45) is 0 Å². The van der Waals surface area contributed by atoms with E-state index < -0.39 is 24.9 Å². The molecule has 0 aliphatic rings. The number of fused-ring (bicyclic) bond motifs is 1. The summed E-state index contributed by atoms with van der Waals surface area (Å²) in [7, 11) is 0. The molecule has 9 heteroatoms. The first kappa shape index (κ1) is 18.8. The quantitative estimate of drug-likeness (QED) is 0.379. The monoisotopic (exact) mass is 385 g/mol. The summed E-state index contributed by atoms with van der Waals surface area (Å²) >= 11 is 0. The number of nitrogens with one attached hydrogen (secondary N) is 1. The van der Waals surface area contributed by atoms with Crippen molar-refractivity contribution >= 4 is 22.6 Å². The average Bonchev–Trinajstić information content (AvgIpc) is 3.10. The lowest BCUT2D eigenvalue weighted by Gasteiger charge is -2.08. The maximum Gasteiger partial charge on any atom is 0.387 e. The number of ether oxygens (including phenoxy) is 2. The second-order valence-corrected chi connectivity index (χ2v) is 5.52. The highest BCUT2D eigenvalue weighted by atomic mass is 19.3. The molecule has 0 radical (unpaired) electrons. The zero-order valence-electron chi connectivity index (χ0n) is 14.2. The van der Waals surface area contributed by atoms with Crippen LogP contribution >= 0.6 is 0 Å². The number of para-hydroxylation sites is 2. The van der Waals surface area contributed by atoms with E-state index in [1.807, 2.05) is 6.07 Å². The van der Waals surface area contributed by atoms with Crippen molar-refractivity contribution in [2.75, 3.05) is 6.61 Å². The number of imidazole rings is 1. The fourth-order valence-corrected chi connectivity index (χ4v) is 2.41. The molecule has 0 amide bonds. The summed E-state index contributed by atoms with van der Waals surface area (Å²) in [6.07, 6.45) is 0. The molecule has 142 valence electrons. The first-order valence-electron chi connectivity index (χ1n) is 7.97. The summed E-state index contributed by atoms with van der Waals surface area (Å²) in [5.41, 5.74) is 1.05. The van der Waals surface area contributed by atoms with Crippen LogP contribution in [0.25, 0.3) is 16.6 Å². The normalized spacial score (nSPS) is 11.8. The number of hydrogen-bond donors (Lipinski definition) is 2. The van der Waals surface area contributed by atoms with Crippen molar-refractivity contribution < 1.29 is 28.2 Å². The second kappa shape index (κ2) is 8.18. The molecule has 28 heavy (non-hydrogen) atoms. The number of allylic oxidation sites excluding steroid dienone is 1. The van der Waals surface area contributed by atoms with Crippen LogP contribution in [0.3, 0.4) is 0 Å². The number of carbonyl (C=O) groups excluding carboxylic acids is 1. The minimum atomic E-state index is -3.03. The highest BCUT2D eigenvalue weighted by molar-refractivity contribution is 5.90. The lowest BCUT2D eigenvalue weighted by Crippen LogP contribution is -2.10. The van der Waals surface area contributed by atoms with Gasteiger partial charge in [-0.05, 0) is 30.3 Å². The summed E-state index contributed by atoms with van der Waals surface area (Å²) in [4.78, 5) is 19.2. The Kier molecular flexibility index (Phi) is 5.50. The van der Waals surface area contributed by atoms with Crippen LogP contribution < -0.4 is 4.74 Å². The van der Waals surface area contributed by atoms with Gasteiger partial charge in [0.05, 0.1) is 16.6 Å². The Morgan fingerprint density at radius 1 is 1.25 bits per heavy atom. The van der Waals surface area contributed by atoms with Gasteiger partial charge in [0.1, 0.15) is 24.0 Å². The molecule has 2 N–H and O–H groups in total. The number of esters is 1. The number of aliphatic hydroxyl groups excluding tert-OH is 1. The Morgan fingerprint density at radius 2 is 2.04 bits per heavy atom. The first-order valence-corrected chi connectivity index (χ1v) is 7.97. The highest BCUT2D eigenvalue weighted by Gasteiger charge is 2.16. The van der Waals surface area contributed by atoms with E-state index in [0.29, 0.717) is 11.0 Å². The van der Waals surface area contributed by atoms with E-state index in [9.17, 15) is 23.9 Å². The van der Waals surface area contributed by atoms with E-state index in [4.69, 9.17) is 4.74 Å². The number of rotatable bonds is 6. The molecule has 0 bridgehead atoms. The second-order valence-electron chi connectivity index (χ2n) is 5.52. The van der Waals surface area contributed by atoms with Crippen LogP contribution in [-0.2, 0) is 4.74 Å². The third kappa shape index (κ3) is 4.24. The minimum absolute atomic E-state index is 0.0480. The maximum atomic E-state index is 12.3. The molecule has 2 aromatic carbocycles. The first-order chi connectivity index (χ1) is 13.5. The molecule has 0 atom stereocenters. The van der Waals surface area contributed by atoms with Crippen LogP contribution in [0.2, 0.25) is 0 Å². The van der Waals surface area contributed by atoms with Gasteiger partial charge >= 0.3 is 12.6 Å². The molecule has 3 aromatic rings. The van der Waals surface area contributed by atoms with Gasteiger partial charge in [-0.1, -0.05) is 18.2 Å². The molecule has 0 unspecified atom stereocenters. The van der Waals surface area contributed by atoms with Gasteiger partial charge in [-0.15, -0.1) is 0 Å². The fourth-order valence-electron chi connectivity index (χ4n) is 2.41. The molecular formula is C19H13F2N3O4. The van der Waals surface area contributed by atoms with E-state index in [1.165, 1.54) is 18.2 Å². The van der Waals surface area contributed by atoms with Crippen LogP contribution in [0.4, 0.5) is 8.78 Å². The lowest BCUT2D eigenvalue weighted by atomic mass is 10.2. The van der Waals surface area contributed by atoms with E-state index in [1.54, 1.807) is 24.3 Å². The molecule has 0 aliphatic heterocycles. The van der Waals surface area contributed by atoms with Crippen molar-refractivity contribution in [3.8, 4) is 11.8 Å². The largest absolute Gasteiger partial charge is 0.507 e. The van der Waals surface area contributed by atoms with Crippen LogP contribution in [0.15, 0.2) is 54.3 Å². The number of carbonyl (C=O) groups is 1. The average molecular weight is 385 g/mol. The number of halogens is 2. The number of H-pyrrole nitrogens is 1. The molecule has 0 spiro atoms. The van der Waals surface area contributed by atoms with Crippen molar-refractivity contribution in [3.05, 3.63) is 65.7 Å². The van der Waals surface area contributed by atoms with Crippen LogP contribution in [-0.4, -0.2) is 34.3 Å². The molecule has 7 nitrogen and oxygen atoms in total. The predicted octanol–water partition coefficient (Wildman–Crippen LogP) is 3.81. The highest BCUT2D eigenvalue weighted by Crippen LogP contribution is 2.20.